The maximum Gasteiger partial charge on any atom is 0.256 e. The number of carbonyl (C=O) groups excluding carboxylic acids is 1. The van der Waals surface area contributed by atoms with Crippen LogP contribution in [-0.2, 0) is 0 Å². The molecule has 2 fully saturated rings. The molecule has 138 valence electrons. The minimum atomic E-state index is -0.433. The highest BCUT2D eigenvalue weighted by Crippen LogP contribution is 2.29. The lowest BCUT2D eigenvalue weighted by atomic mass is 9.92. The van der Waals surface area contributed by atoms with Crippen LogP contribution in [0.4, 0.5) is 4.39 Å². The highest BCUT2D eigenvalue weighted by Gasteiger charge is 2.44. The Labute approximate surface area is 150 Å². The first-order chi connectivity index (χ1) is 11.8. The molecule has 0 radical (unpaired) electrons. The van der Waals surface area contributed by atoms with Crippen LogP contribution in [0.15, 0.2) is 24.3 Å². The number of nitrogens with zero attached hydrogens (tertiary/aromatic N) is 3. The minimum Gasteiger partial charge on any atom is -0.335 e. The van der Waals surface area contributed by atoms with Crippen molar-refractivity contribution in [3.8, 4) is 0 Å². The van der Waals surface area contributed by atoms with Gasteiger partial charge in [0.1, 0.15) is 5.82 Å². The summed E-state index contributed by atoms with van der Waals surface area (Å²) in [5.74, 6) is 0.0175. The second kappa shape index (κ2) is 7.04. The molecule has 2 aliphatic heterocycles. The summed E-state index contributed by atoms with van der Waals surface area (Å²) in [6, 6.07) is 6.61. The zero-order valence-electron chi connectivity index (χ0n) is 15.8. The van der Waals surface area contributed by atoms with E-state index in [-0.39, 0.29) is 17.0 Å². The molecule has 0 aliphatic carbocycles. The van der Waals surface area contributed by atoms with Crippen molar-refractivity contribution in [2.24, 2.45) is 5.92 Å². The van der Waals surface area contributed by atoms with Crippen molar-refractivity contribution in [3.63, 3.8) is 0 Å². The van der Waals surface area contributed by atoms with Gasteiger partial charge < -0.3 is 9.80 Å². The summed E-state index contributed by atoms with van der Waals surface area (Å²) in [6.45, 7) is 14.4. The Morgan fingerprint density at radius 1 is 1.24 bits per heavy atom. The van der Waals surface area contributed by atoms with Crippen LogP contribution in [0, 0.1) is 11.7 Å². The van der Waals surface area contributed by atoms with E-state index < -0.39 is 5.82 Å². The van der Waals surface area contributed by atoms with Crippen molar-refractivity contribution in [3.05, 3.63) is 35.6 Å². The maximum absolute atomic E-state index is 14.1. The van der Waals surface area contributed by atoms with Gasteiger partial charge in [0.25, 0.3) is 5.91 Å². The van der Waals surface area contributed by atoms with E-state index in [9.17, 15) is 9.18 Å². The van der Waals surface area contributed by atoms with Crippen LogP contribution < -0.4 is 0 Å². The molecule has 3 rings (SSSR count). The number of hydrogen-bond acceptors (Lipinski definition) is 3. The first-order valence-corrected chi connectivity index (χ1v) is 9.31. The van der Waals surface area contributed by atoms with Gasteiger partial charge in [-0.15, -0.1) is 0 Å². The second-order valence-electron chi connectivity index (χ2n) is 8.48. The Morgan fingerprint density at radius 3 is 2.64 bits per heavy atom. The molecule has 0 saturated carbocycles. The summed E-state index contributed by atoms with van der Waals surface area (Å²) >= 11 is 0. The molecule has 25 heavy (non-hydrogen) atoms. The summed E-state index contributed by atoms with van der Waals surface area (Å²) in [6.07, 6.45) is 0. The van der Waals surface area contributed by atoms with E-state index in [4.69, 9.17) is 0 Å². The SMILES string of the molecule is CC(C)CN1CCN2[C@@H](C1)CN(C(=O)c1ccccc1F)CC2(C)C. The van der Waals surface area contributed by atoms with E-state index in [1.165, 1.54) is 6.07 Å². The fourth-order valence-corrected chi connectivity index (χ4v) is 4.39. The van der Waals surface area contributed by atoms with Gasteiger partial charge in [0.05, 0.1) is 5.56 Å². The molecule has 0 spiro atoms. The average Bonchev–Trinajstić information content (AvgIpc) is 2.53. The smallest absolute Gasteiger partial charge is 0.256 e. The summed E-state index contributed by atoms with van der Waals surface area (Å²) in [5, 5.41) is 0. The number of piperazine rings is 2. The molecule has 2 aliphatic rings. The van der Waals surface area contributed by atoms with Gasteiger partial charge >= 0.3 is 0 Å². The molecule has 2 saturated heterocycles. The Bertz CT molecular complexity index is 631. The number of carbonyl (C=O) groups is 1. The quantitative estimate of drug-likeness (QED) is 0.841. The molecule has 1 aromatic carbocycles. The molecule has 0 aromatic heterocycles. The summed E-state index contributed by atoms with van der Waals surface area (Å²) in [7, 11) is 0. The van der Waals surface area contributed by atoms with Crippen molar-refractivity contribution < 1.29 is 9.18 Å². The standard InChI is InChI=1S/C20H30FN3O/c1-15(2)11-22-9-10-24-16(12-22)13-23(14-20(24,3)4)19(25)17-7-5-6-8-18(17)21/h5-8,15-16H,9-14H2,1-4H3/t16-/m0/s1. The van der Waals surface area contributed by atoms with E-state index in [0.29, 0.717) is 25.0 Å². The number of benzene rings is 1. The van der Waals surface area contributed by atoms with Crippen molar-refractivity contribution in [2.75, 3.05) is 39.3 Å². The van der Waals surface area contributed by atoms with Crippen molar-refractivity contribution >= 4 is 5.91 Å². The number of fused-ring (bicyclic) bond motifs is 1. The van der Waals surface area contributed by atoms with Gasteiger partial charge in [-0.25, -0.2) is 4.39 Å². The third kappa shape index (κ3) is 3.87. The van der Waals surface area contributed by atoms with Gasteiger partial charge in [-0.1, -0.05) is 26.0 Å². The van der Waals surface area contributed by atoms with Crippen molar-refractivity contribution in [2.45, 2.75) is 39.3 Å². The third-order valence-electron chi connectivity index (χ3n) is 5.37. The molecule has 1 aromatic rings. The largest absolute Gasteiger partial charge is 0.335 e. The Hall–Kier alpha value is -1.46. The normalized spacial score (nSPS) is 24.4. The van der Waals surface area contributed by atoms with Gasteiger partial charge in [-0.2, -0.15) is 0 Å². The van der Waals surface area contributed by atoms with Gasteiger partial charge in [-0.3, -0.25) is 9.69 Å². The fraction of sp³-hybridized carbons (Fsp3) is 0.650. The maximum atomic E-state index is 14.1. The van der Waals surface area contributed by atoms with Crippen LogP contribution in [0.1, 0.15) is 38.1 Å². The highest BCUT2D eigenvalue weighted by atomic mass is 19.1. The second-order valence-corrected chi connectivity index (χ2v) is 8.48. The monoisotopic (exact) mass is 347 g/mol. The van der Waals surface area contributed by atoms with Crippen LogP contribution in [0.3, 0.4) is 0 Å². The lowest BCUT2D eigenvalue weighted by molar-refractivity contribution is -0.0578. The molecule has 4 nitrogen and oxygen atoms in total. The van der Waals surface area contributed by atoms with Gasteiger partial charge in [-0.05, 0) is 31.9 Å². The van der Waals surface area contributed by atoms with Gasteiger partial charge in [0.2, 0.25) is 0 Å². The molecule has 5 heteroatoms. The lowest BCUT2D eigenvalue weighted by Gasteiger charge is -2.55. The van der Waals surface area contributed by atoms with Crippen molar-refractivity contribution in [1.82, 2.24) is 14.7 Å². The van der Waals surface area contributed by atoms with Crippen molar-refractivity contribution in [1.29, 1.82) is 0 Å². The van der Waals surface area contributed by atoms with Crippen LogP contribution in [0.5, 0.6) is 0 Å². The van der Waals surface area contributed by atoms with E-state index in [2.05, 4.69) is 37.5 Å². The molecular formula is C20H30FN3O. The molecule has 0 unspecified atom stereocenters. The lowest BCUT2D eigenvalue weighted by Crippen LogP contribution is -2.70. The molecule has 1 amide bonds. The average molecular weight is 347 g/mol. The number of rotatable bonds is 3. The zero-order chi connectivity index (χ0) is 18.2. The summed E-state index contributed by atoms with van der Waals surface area (Å²) in [5.41, 5.74) is 0.0925. The van der Waals surface area contributed by atoms with Crippen LogP contribution in [0.25, 0.3) is 0 Å². The summed E-state index contributed by atoms with van der Waals surface area (Å²) < 4.78 is 14.1. The van der Waals surface area contributed by atoms with Gasteiger partial charge in [0, 0.05) is 50.8 Å². The molecular weight excluding hydrogens is 317 g/mol. The first kappa shape index (κ1) is 18.3. The van der Waals surface area contributed by atoms with Gasteiger partial charge in [0.15, 0.2) is 0 Å². The van der Waals surface area contributed by atoms with E-state index in [1.807, 2.05) is 4.90 Å². The number of halogens is 1. The Kier molecular flexibility index (Phi) is 5.16. The molecule has 0 N–H and O–H groups in total. The van der Waals surface area contributed by atoms with E-state index in [0.717, 1.165) is 26.2 Å². The predicted octanol–water partition coefficient (Wildman–Crippen LogP) is 2.70. The van der Waals surface area contributed by atoms with E-state index in [1.54, 1.807) is 18.2 Å². The minimum absolute atomic E-state index is 0.0895. The summed E-state index contributed by atoms with van der Waals surface area (Å²) in [4.78, 5) is 19.8. The number of hydrogen-bond donors (Lipinski definition) is 0. The highest BCUT2D eigenvalue weighted by molar-refractivity contribution is 5.94. The van der Waals surface area contributed by atoms with Crippen LogP contribution >= 0.6 is 0 Å². The topological polar surface area (TPSA) is 26.8 Å². The van der Waals surface area contributed by atoms with Crippen LogP contribution in [0.2, 0.25) is 0 Å². The predicted molar refractivity (Wildman–Crippen MR) is 98.2 cm³/mol. The third-order valence-corrected chi connectivity index (χ3v) is 5.37. The Morgan fingerprint density at radius 2 is 1.96 bits per heavy atom. The number of amides is 1. The molecule has 0 bridgehead atoms. The fourth-order valence-electron chi connectivity index (χ4n) is 4.39. The zero-order valence-corrected chi connectivity index (χ0v) is 15.8. The molecule has 2 heterocycles. The Balaban J connectivity index is 1.77. The molecule has 1 atom stereocenters. The van der Waals surface area contributed by atoms with E-state index >= 15 is 0 Å². The van der Waals surface area contributed by atoms with Crippen LogP contribution in [-0.4, -0.2) is 71.5 Å². The first-order valence-electron chi connectivity index (χ1n) is 9.31.